The van der Waals surface area contributed by atoms with Crippen LogP contribution in [0.1, 0.15) is 21.7 Å². The van der Waals surface area contributed by atoms with Gasteiger partial charge in [0.05, 0.1) is 13.0 Å². The van der Waals surface area contributed by atoms with Crippen molar-refractivity contribution in [3.63, 3.8) is 0 Å². The molecule has 1 aromatic carbocycles. The lowest BCUT2D eigenvalue weighted by atomic mass is 10.0. The van der Waals surface area contributed by atoms with E-state index in [-0.39, 0.29) is 12.2 Å². The van der Waals surface area contributed by atoms with Crippen LogP contribution in [-0.2, 0) is 12.8 Å². The van der Waals surface area contributed by atoms with Crippen molar-refractivity contribution in [2.24, 2.45) is 0 Å². The first-order valence-electron chi connectivity index (χ1n) is 5.88. The molecule has 4 heteroatoms. The maximum Gasteiger partial charge on any atom is 0.170 e. The molecule has 90 valence electrons. The van der Waals surface area contributed by atoms with E-state index in [0.717, 1.165) is 17.7 Å². The van der Waals surface area contributed by atoms with E-state index in [1.54, 1.807) is 24.5 Å². The van der Waals surface area contributed by atoms with Gasteiger partial charge >= 0.3 is 0 Å². The van der Waals surface area contributed by atoms with Gasteiger partial charge in [-0.2, -0.15) is 0 Å². The maximum atomic E-state index is 12.1. The van der Waals surface area contributed by atoms with Crippen LogP contribution in [0.15, 0.2) is 36.7 Å². The van der Waals surface area contributed by atoms with E-state index < -0.39 is 0 Å². The summed E-state index contributed by atoms with van der Waals surface area (Å²) in [5.41, 5.74) is 1.81. The first-order valence-corrected chi connectivity index (χ1v) is 5.88. The number of aromatic nitrogens is 2. The van der Waals surface area contributed by atoms with E-state index in [1.165, 1.54) is 0 Å². The Balaban J connectivity index is 1.81. The number of Topliss-reactive ketones (excluding diaryl/α,β-unsaturated/α-hetero) is 1. The van der Waals surface area contributed by atoms with Gasteiger partial charge in [0, 0.05) is 24.4 Å². The minimum Gasteiger partial charge on any atom is -0.493 e. The van der Waals surface area contributed by atoms with E-state index in [9.17, 15) is 4.79 Å². The Bertz CT molecular complexity index is 582. The van der Waals surface area contributed by atoms with Crippen LogP contribution in [0.5, 0.6) is 5.75 Å². The predicted octanol–water partition coefficient (Wildman–Crippen LogP) is 1.84. The van der Waals surface area contributed by atoms with Crippen LogP contribution < -0.4 is 4.74 Å². The molecule has 0 unspecified atom stereocenters. The average Bonchev–Trinajstić information content (AvgIpc) is 2.87. The molecule has 1 aliphatic heterocycles. The number of carbonyl (C=O) groups excluding carboxylic acids is 1. The topological polar surface area (TPSA) is 52.1 Å². The fraction of sp³-hybridized carbons (Fsp3) is 0.214. The van der Waals surface area contributed by atoms with Gasteiger partial charge in [-0.15, -0.1) is 0 Å². The Morgan fingerprint density at radius 1 is 1.28 bits per heavy atom. The summed E-state index contributed by atoms with van der Waals surface area (Å²) in [6.07, 6.45) is 4.40. The summed E-state index contributed by atoms with van der Waals surface area (Å²) >= 11 is 0. The molecule has 0 saturated heterocycles. The highest BCUT2D eigenvalue weighted by atomic mass is 16.5. The summed E-state index contributed by atoms with van der Waals surface area (Å²) in [5, 5.41) is 0. The van der Waals surface area contributed by atoms with Crippen molar-refractivity contribution in [3.05, 3.63) is 53.6 Å². The van der Waals surface area contributed by atoms with Crippen LogP contribution in [-0.4, -0.2) is 22.4 Å². The van der Waals surface area contributed by atoms with Crippen LogP contribution in [0.25, 0.3) is 0 Å². The highest BCUT2D eigenvalue weighted by Gasteiger charge is 2.15. The van der Waals surface area contributed by atoms with Crippen LogP contribution in [0, 0.1) is 0 Å². The number of hydrogen-bond acceptors (Lipinski definition) is 4. The minimum absolute atomic E-state index is 0.0379. The lowest BCUT2D eigenvalue weighted by Crippen LogP contribution is -2.06. The quantitative estimate of drug-likeness (QED) is 0.768. The third kappa shape index (κ3) is 2.09. The zero-order valence-electron chi connectivity index (χ0n) is 9.80. The Labute approximate surface area is 105 Å². The number of nitrogens with zero attached hydrogens (tertiary/aromatic N) is 2. The molecule has 0 saturated carbocycles. The summed E-state index contributed by atoms with van der Waals surface area (Å²) in [6.45, 7) is 0.703. The van der Waals surface area contributed by atoms with Crippen LogP contribution in [0.4, 0.5) is 0 Å². The highest BCUT2D eigenvalue weighted by molar-refractivity contribution is 5.97. The third-order valence-corrected chi connectivity index (χ3v) is 2.95. The lowest BCUT2D eigenvalue weighted by Gasteiger charge is -2.03. The molecular formula is C14H12N2O2. The van der Waals surface area contributed by atoms with E-state index in [4.69, 9.17) is 4.74 Å². The van der Waals surface area contributed by atoms with Crippen LogP contribution >= 0.6 is 0 Å². The number of hydrogen-bond donors (Lipinski definition) is 0. The van der Waals surface area contributed by atoms with Gasteiger partial charge in [-0.1, -0.05) is 0 Å². The number of ether oxygens (including phenoxy) is 1. The van der Waals surface area contributed by atoms with Crippen molar-refractivity contribution in [1.29, 1.82) is 0 Å². The first-order chi connectivity index (χ1) is 8.83. The zero-order valence-corrected chi connectivity index (χ0v) is 9.80. The van der Waals surface area contributed by atoms with Gasteiger partial charge in [-0.05, 0) is 29.8 Å². The molecule has 0 amide bonds. The third-order valence-electron chi connectivity index (χ3n) is 2.95. The van der Waals surface area contributed by atoms with Crippen molar-refractivity contribution in [2.75, 3.05) is 6.61 Å². The molecule has 3 rings (SSSR count). The van der Waals surface area contributed by atoms with E-state index in [2.05, 4.69) is 9.97 Å². The Morgan fingerprint density at radius 3 is 2.94 bits per heavy atom. The van der Waals surface area contributed by atoms with Gasteiger partial charge < -0.3 is 4.74 Å². The van der Waals surface area contributed by atoms with Gasteiger partial charge in [-0.3, -0.25) is 4.79 Å². The van der Waals surface area contributed by atoms with Gasteiger partial charge in [0.2, 0.25) is 0 Å². The van der Waals surface area contributed by atoms with Crippen molar-refractivity contribution in [2.45, 2.75) is 12.8 Å². The second-order valence-corrected chi connectivity index (χ2v) is 4.19. The molecule has 1 aliphatic rings. The van der Waals surface area contributed by atoms with Crippen molar-refractivity contribution >= 4 is 5.78 Å². The Kier molecular flexibility index (Phi) is 2.76. The predicted molar refractivity (Wildman–Crippen MR) is 65.7 cm³/mol. The highest BCUT2D eigenvalue weighted by Crippen LogP contribution is 2.26. The molecule has 0 fully saturated rings. The molecule has 0 aliphatic carbocycles. The fourth-order valence-electron chi connectivity index (χ4n) is 2.03. The summed E-state index contributed by atoms with van der Waals surface area (Å²) in [5.74, 6) is 1.48. The molecule has 0 N–H and O–H groups in total. The van der Waals surface area contributed by atoms with Crippen molar-refractivity contribution in [3.8, 4) is 5.75 Å². The SMILES string of the molecule is O=C(Cc1ncccn1)c1ccc2c(c1)CCO2. The van der Waals surface area contributed by atoms with Gasteiger partial charge in [0.25, 0.3) is 0 Å². The minimum atomic E-state index is 0.0379. The van der Waals surface area contributed by atoms with Gasteiger partial charge in [0.1, 0.15) is 11.6 Å². The van der Waals surface area contributed by atoms with Crippen molar-refractivity contribution < 1.29 is 9.53 Å². The molecule has 18 heavy (non-hydrogen) atoms. The molecule has 1 aromatic heterocycles. The number of ketones is 1. The fourth-order valence-corrected chi connectivity index (χ4v) is 2.03. The van der Waals surface area contributed by atoms with Crippen LogP contribution in [0.3, 0.4) is 0 Å². The molecule has 0 radical (unpaired) electrons. The molecule has 0 spiro atoms. The normalized spacial score (nSPS) is 12.9. The average molecular weight is 240 g/mol. The summed E-state index contributed by atoms with van der Waals surface area (Å²) in [7, 11) is 0. The summed E-state index contributed by atoms with van der Waals surface area (Å²) < 4.78 is 5.42. The second-order valence-electron chi connectivity index (χ2n) is 4.19. The number of carbonyl (C=O) groups is 1. The van der Waals surface area contributed by atoms with Gasteiger partial charge in [0.15, 0.2) is 5.78 Å². The number of fused-ring (bicyclic) bond motifs is 1. The number of benzene rings is 1. The lowest BCUT2D eigenvalue weighted by molar-refractivity contribution is 0.0990. The zero-order chi connectivity index (χ0) is 12.4. The van der Waals surface area contributed by atoms with E-state index >= 15 is 0 Å². The summed E-state index contributed by atoms with van der Waals surface area (Å²) in [6, 6.07) is 7.31. The standard InChI is InChI=1S/C14H12N2O2/c17-12(9-14-15-5-1-6-16-14)10-2-3-13-11(8-10)4-7-18-13/h1-3,5-6,8H,4,7,9H2. The Morgan fingerprint density at radius 2 is 2.11 bits per heavy atom. The van der Waals surface area contributed by atoms with Gasteiger partial charge in [-0.25, -0.2) is 9.97 Å². The van der Waals surface area contributed by atoms with E-state index in [0.29, 0.717) is 18.0 Å². The second kappa shape index (κ2) is 4.56. The van der Waals surface area contributed by atoms with E-state index in [1.807, 2.05) is 12.1 Å². The molecular weight excluding hydrogens is 228 g/mol. The maximum absolute atomic E-state index is 12.1. The molecule has 2 aromatic rings. The molecule has 0 atom stereocenters. The summed E-state index contributed by atoms with van der Waals surface area (Å²) in [4.78, 5) is 20.2. The monoisotopic (exact) mass is 240 g/mol. The molecule has 4 nitrogen and oxygen atoms in total. The largest absolute Gasteiger partial charge is 0.493 e. The van der Waals surface area contributed by atoms with Crippen molar-refractivity contribution in [1.82, 2.24) is 9.97 Å². The first kappa shape index (κ1) is 10.9. The number of rotatable bonds is 3. The Hall–Kier alpha value is -2.23. The molecule has 0 bridgehead atoms. The molecule has 2 heterocycles. The van der Waals surface area contributed by atoms with Crippen LogP contribution in [0.2, 0.25) is 0 Å². The smallest absolute Gasteiger partial charge is 0.170 e.